The summed E-state index contributed by atoms with van der Waals surface area (Å²) < 4.78 is 17.9. The molecule has 2 atom stereocenters. The van der Waals surface area contributed by atoms with Crippen LogP contribution in [-0.2, 0) is 40.1 Å². The lowest BCUT2D eigenvalue weighted by Gasteiger charge is -2.41. The molecule has 2 unspecified atom stereocenters. The number of aliphatic hydroxyl groups excluding tert-OH is 2. The van der Waals surface area contributed by atoms with Gasteiger partial charge < -0.3 is 55.3 Å². The van der Waals surface area contributed by atoms with Crippen LogP contribution in [0.5, 0.6) is 5.75 Å². The Morgan fingerprint density at radius 1 is 0.722 bits per heavy atom. The van der Waals surface area contributed by atoms with Gasteiger partial charge in [-0.3, -0.25) is 48.4 Å². The summed E-state index contributed by atoms with van der Waals surface area (Å²) in [7, 11) is 3.25. The SMILES string of the molecule is CC1(C)COCCN1C(=O)c1nn(-c2cc(Cl)cc(Cl)c2)c2c1COc1ccc(-c3cccc(NC(=O)CC(O)CC(O)CCNC(=O)CN4CCN(CC(=O)O)CCN(CC(=O)O)CCN(CC(=O)O)CC4)c3)cc1-2.COC. The number of nitrogens with zero attached hydrogens (tertiary/aromatic N) is 7. The molecule has 4 heterocycles. The zero-order valence-corrected chi connectivity index (χ0v) is 46.4. The number of carboxylic acid groups (broad SMARTS) is 3. The molecule has 0 bridgehead atoms. The first-order valence-corrected chi connectivity index (χ1v) is 26.6. The summed E-state index contributed by atoms with van der Waals surface area (Å²) in [6.45, 7) is 6.20. The molecule has 3 aromatic carbocycles. The number of carboxylic acids is 3. The van der Waals surface area contributed by atoms with Crippen molar-refractivity contribution in [2.75, 3.05) is 124 Å². The maximum absolute atomic E-state index is 14.3. The van der Waals surface area contributed by atoms with Crippen molar-refractivity contribution in [3.8, 4) is 33.8 Å². The van der Waals surface area contributed by atoms with Gasteiger partial charge in [0.25, 0.3) is 5.91 Å². The normalized spacial score (nSPS) is 17.2. The number of ether oxygens (including phenoxy) is 3. The molecule has 2 fully saturated rings. The van der Waals surface area contributed by atoms with Crippen LogP contribution in [0.3, 0.4) is 0 Å². The Hall–Kier alpha value is -6.25. The fourth-order valence-electron chi connectivity index (χ4n) is 9.56. The Labute approximate surface area is 468 Å². The molecule has 1 aromatic heterocycles. The van der Waals surface area contributed by atoms with Crippen LogP contribution in [0.2, 0.25) is 10.0 Å². The second-order valence-corrected chi connectivity index (χ2v) is 21.1. The van der Waals surface area contributed by atoms with Gasteiger partial charge in [-0.1, -0.05) is 41.4 Å². The standard InChI is InChI=1S/C52H65Cl2N9O13.C2H6O/c1-52(2)32-75-19-18-62(52)51(74)49-42-31-76-43-7-6-34(21-41(43)50(42)63(57-49)38-23-35(53)22-36(54)24-38)33-4-3-5-37(20-33)56-44(66)26-40(65)25-39(64)8-9-55-45(67)27-58-10-12-59(28-46(68)69)14-16-61(30-48(72)73)17-15-60(13-11-58)29-47(70)71;1-3-2/h3-7,20-24,39-40,64-65H,8-19,25-32H2,1-2H3,(H,55,67)(H,56,66)(H,68,69)(H,70,71)(H,72,73);1-2H3. The van der Waals surface area contributed by atoms with Crippen LogP contribution in [0.25, 0.3) is 28.1 Å². The number of aliphatic hydroxyl groups is 2. The zero-order valence-electron chi connectivity index (χ0n) is 44.9. The first-order chi connectivity index (χ1) is 37.6. The predicted octanol–water partition coefficient (Wildman–Crippen LogP) is 3.34. The van der Waals surface area contributed by atoms with E-state index in [4.69, 9.17) is 37.8 Å². The number of halogens is 2. The van der Waals surface area contributed by atoms with E-state index >= 15 is 0 Å². The van der Waals surface area contributed by atoms with E-state index in [9.17, 15) is 54.3 Å². The Morgan fingerprint density at radius 2 is 1.28 bits per heavy atom. The van der Waals surface area contributed by atoms with Crippen LogP contribution < -0.4 is 15.4 Å². The summed E-state index contributed by atoms with van der Waals surface area (Å²) in [6.07, 6.45) is -2.67. The number of hydrogen-bond acceptors (Lipinski definition) is 16. The molecule has 3 aliphatic heterocycles. The van der Waals surface area contributed by atoms with E-state index in [0.29, 0.717) is 63.7 Å². The number of rotatable bonds is 19. The van der Waals surface area contributed by atoms with Crippen molar-refractivity contribution in [1.82, 2.24) is 39.6 Å². The van der Waals surface area contributed by atoms with Crippen LogP contribution >= 0.6 is 23.2 Å². The third-order valence-corrected chi connectivity index (χ3v) is 13.8. The average Bonchev–Trinajstić information content (AvgIpc) is 4.01. The van der Waals surface area contributed by atoms with Crippen LogP contribution in [0.15, 0.2) is 60.7 Å². The van der Waals surface area contributed by atoms with Gasteiger partial charge in [-0.2, -0.15) is 5.10 Å². The van der Waals surface area contributed by atoms with E-state index in [0.717, 1.165) is 11.1 Å². The first-order valence-electron chi connectivity index (χ1n) is 25.9. The second-order valence-electron chi connectivity index (χ2n) is 20.2. The van der Waals surface area contributed by atoms with E-state index in [1.165, 1.54) is 0 Å². The molecule has 0 radical (unpaired) electrons. The summed E-state index contributed by atoms with van der Waals surface area (Å²) in [6, 6.07) is 17.8. The van der Waals surface area contributed by atoms with Crippen LogP contribution in [0, 0.1) is 0 Å². The lowest BCUT2D eigenvalue weighted by atomic mass is 9.96. The quantitative estimate of drug-likeness (QED) is 0.0709. The molecule has 3 amide bonds. The summed E-state index contributed by atoms with van der Waals surface area (Å²) in [4.78, 5) is 83.9. The Morgan fingerprint density at radius 3 is 1.84 bits per heavy atom. The van der Waals surface area contributed by atoms with Crippen molar-refractivity contribution >= 4 is 64.5 Å². The van der Waals surface area contributed by atoms with Crippen molar-refractivity contribution in [2.45, 2.75) is 57.5 Å². The van der Waals surface area contributed by atoms with Gasteiger partial charge in [0.05, 0.1) is 74.9 Å². The van der Waals surface area contributed by atoms with Gasteiger partial charge in [0.1, 0.15) is 12.4 Å². The maximum atomic E-state index is 14.3. The van der Waals surface area contributed by atoms with Gasteiger partial charge in [0.15, 0.2) is 5.69 Å². The number of anilines is 1. The number of fused-ring (bicyclic) bond motifs is 3. The van der Waals surface area contributed by atoms with Crippen molar-refractivity contribution in [3.05, 3.63) is 82.0 Å². The highest BCUT2D eigenvalue weighted by atomic mass is 35.5. The monoisotopic (exact) mass is 1140 g/mol. The molecule has 0 aliphatic carbocycles. The molecule has 0 saturated carbocycles. The maximum Gasteiger partial charge on any atom is 0.317 e. The van der Waals surface area contributed by atoms with Gasteiger partial charge in [-0.15, -0.1) is 0 Å². The van der Waals surface area contributed by atoms with Crippen molar-refractivity contribution < 1.29 is 68.5 Å². The van der Waals surface area contributed by atoms with Gasteiger partial charge in [-0.05, 0) is 80.3 Å². The number of benzene rings is 3. The lowest BCUT2D eigenvalue weighted by Crippen LogP contribution is -2.55. The number of carbonyl (C=O) groups excluding carboxylic acids is 3. The predicted molar refractivity (Wildman–Crippen MR) is 294 cm³/mol. The number of amides is 3. The van der Waals surface area contributed by atoms with E-state index < -0.39 is 41.6 Å². The number of carbonyl (C=O) groups is 6. The molecule has 0 spiro atoms. The molecule has 25 heteroatoms. The topological polar surface area (TPSA) is 289 Å². The highest BCUT2D eigenvalue weighted by Gasteiger charge is 2.39. The minimum absolute atomic E-state index is 0.0503. The Balaban J connectivity index is 0.00000328. The Bertz CT molecular complexity index is 2730. The number of nitrogens with one attached hydrogen (secondary N) is 2. The molecule has 7 rings (SSSR count). The van der Waals surface area contributed by atoms with Gasteiger partial charge in [0, 0.05) is 107 Å². The largest absolute Gasteiger partial charge is 0.488 e. The summed E-state index contributed by atoms with van der Waals surface area (Å²) >= 11 is 13.0. The molecule has 4 aromatic rings. The summed E-state index contributed by atoms with van der Waals surface area (Å²) in [5.41, 5.74) is 4.04. The first kappa shape index (κ1) is 62.0. The minimum Gasteiger partial charge on any atom is -0.488 e. The number of methoxy groups -OCH3 is 1. The molecular weight excluding hydrogens is 1070 g/mol. The van der Waals surface area contributed by atoms with Crippen molar-refractivity contribution in [2.24, 2.45) is 0 Å². The smallest absolute Gasteiger partial charge is 0.317 e. The van der Waals surface area contributed by atoms with E-state index in [1.807, 2.05) is 38.1 Å². The Kier molecular flexibility index (Phi) is 23.0. The third kappa shape index (κ3) is 18.4. The van der Waals surface area contributed by atoms with Crippen LogP contribution in [0.1, 0.15) is 49.2 Å². The molecule has 23 nitrogen and oxygen atoms in total. The van der Waals surface area contributed by atoms with Crippen LogP contribution in [-0.4, -0.2) is 232 Å². The molecule has 79 heavy (non-hydrogen) atoms. The third-order valence-electron chi connectivity index (χ3n) is 13.4. The summed E-state index contributed by atoms with van der Waals surface area (Å²) in [5, 5.41) is 61.3. The number of hydrogen-bond donors (Lipinski definition) is 7. The highest BCUT2D eigenvalue weighted by Crippen LogP contribution is 2.43. The highest BCUT2D eigenvalue weighted by molar-refractivity contribution is 6.34. The molecular formula is C54H71Cl2N9O14. The summed E-state index contributed by atoms with van der Waals surface area (Å²) in [5.74, 6) is -3.76. The number of aliphatic carboxylic acids is 3. The lowest BCUT2D eigenvalue weighted by molar-refractivity contribution is -0.140. The van der Waals surface area contributed by atoms with E-state index in [2.05, 4.69) is 15.4 Å². The number of aromatic nitrogens is 2. The van der Waals surface area contributed by atoms with Gasteiger partial charge in [-0.25, -0.2) is 4.68 Å². The van der Waals surface area contributed by atoms with Gasteiger partial charge >= 0.3 is 17.9 Å². The van der Waals surface area contributed by atoms with E-state index in [-0.39, 0.29) is 128 Å². The minimum atomic E-state index is -1.21. The van der Waals surface area contributed by atoms with Crippen LogP contribution in [0.4, 0.5) is 5.69 Å². The fraction of sp³-hybridized carbons (Fsp3) is 0.500. The molecule has 7 N–H and O–H groups in total. The van der Waals surface area contributed by atoms with E-state index in [1.54, 1.807) is 79.8 Å². The van der Waals surface area contributed by atoms with Crippen molar-refractivity contribution in [1.29, 1.82) is 0 Å². The molecule has 3 aliphatic rings. The molecule has 2 saturated heterocycles. The van der Waals surface area contributed by atoms with Crippen molar-refractivity contribution in [3.63, 3.8) is 0 Å². The van der Waals surface area contributed by atoms with Gasteiger partial charge in [0.2, 0.25) is 11.8 Å². The average molecular weight is 1140 g/mol. The fourth-order valence-corrected chi connectivity index (χ4v) is 10.1. The molecule has 430 valence electrons. The number of morpholine rings is 1. The zero-order chi connectivity index (χ0) is 57.4. The second kappa shape index (κ2) is 29.3.